The third-order valence-electron chi connectivity index (χ3n) is 1.29. The van der Waals surface area contributed by atoms with Gasteiger partial charge in [-0.25, -0.2) is 0 Å². The molecule has 12 heavy (non-hydrogen) atoms. The molecule has 0 bridgehead atoms. The Morgan fingerprint density at radius 1 is 1.33 bits per heavy atom. The van der Waals surface area contributed by atoms with Crippen LogP contribution in [0.4, 0.5) is 0 Å². The van der Waals surface area contributed by atoms with E-state index < -0.39 is 10.4 Å². The molecule has 0 fully saturated rings. The Labute approximate surface area is 79.7 Å². The summed E-state index contributed by atoms with van der Waals surface area (Å²) in [6, 6.07) is 6.50. The quantitative estimate of drug-likeness (QED) is 0.499. The fourth-order valence-electron chi connectivity index (χ4n) is 0.763. The van der Waals surface area contributed by atoms with E-state index in [2.05, 4.69) is 4.18 Å². The molecule has 0 aliphatic rings. The van der Waals surface area contributed by atoms with Gasteiger partial charge in [-0.2, -0.15) is 0 Å². The summed E-state index contributed by atoms with van der Waals surface area (Å²) in [5, 5.41) is 0. The molecule has 1 aromatic rings. The van der Waals surface area contributed by atoms with Gasteiger partial charge in [-0.05, 0) is 0 Å². The zero-order valence-electron chi connectivity index (χ0n) is 6.39. The van der Waals surface area contributed by atoms with Crippen LogP contribution in [0.3, 0.4) is 0 Å². The van der Waals surface area contributed by atoms with E-state index >= 15 is 0 Å². The molecule has 0 aliphatic carbocycles. The Morgan fingerprint density at radius 3 is 2.42 bits per heavy atom. The zero-order chi connectivity index (χ0) is 9.19. The Kier molecular flexibility index (Phi) is 2.80. The third kappa shape index (κ3) is 2.87. The fraction of sp³-hybridized carbons (Fsp3) is 0. The Balaban J connectivity index is 2.98. The first-order chi connectivity index (χ1) is 5.49. The third-order valence-corrected chi connectivity index (χ3v) is 1.68. The summed E-state index contributed by atoms with van der Waals surface area (Å²) in [6.45, 7) is 0. The van der Waals surface area contributed by atoms with Crippen LogP contribution in [0, 0.1) is 0 Å². The van der Waals surface area contributed by atoms with E-state index in [1.54, 1.807) is 35.9 Å². The van der Waals surface area contributed by atoms with Crippen molar-refractivity contribution >= 4 is 32.4 Å². The summed E-state index contributed by atoms with van der Waals surface area (Å²) in [6.07, 6.45) is 0. The maximum atomic E-state index is 10.3. The van der Waals surface area contributed by atoms with Gasteiger partial charge in [-0.1, -0.05) is 0 Å². The summed E-state index contributed by atoms with van der Waals surface area (Å²) in [5.74, 6) is 0.139. The van der Waals surface area contributed by atoms with Gasteiger partial charge in [0.15, 0.2) is 0 Å². The van der Waals surface area contributed by atoms with Crippen LogP contribution in [0.2, 0.25) is 0 Å². The average molecular weight is 180 g/mol. The first-order valence-electron chi connectivity index (χ1n) is 3.21. The second-order valence-corrected chi connectivity index (χ2v) is 3.30. The van der Waals surface area contributed by atoms with Crippen molar-refractivity contribution in [2.75, 3.05) is 0 Å². The van der Waals surface area contributed by atoms with Crippen molar-refractivity contribution < 1.29 is 17.2 Å². The van der Waals surface area contributed by atoms with Crippen LogP contribution in [0.5, 0.6) is 5.75 Å². The van der Waals surface area contributed by atoms with Crippen molar-refractivity contribution in [3.63, 3.8) is 0 Å². The Morgan fingerprint density at radius 2 is 1.92 bits per heavy atom. The van der Waals surface area contributed by atoms with E-state index in [4.69, 9.17) is 4.55 Å². The number of benzene rings is 1. The number of rotatable bonds is 2. The van der Waals surface area contributed by atoms with Crippen molar-refractivity contribution in [1.82, 2.24) is 0 Å². The topological polar surface area (TPSA) is 63.6 Å². The zero-order valence-corrected chi connectivity index (χ0v) is 7.21. The molecule has 6 heteroatoms. The second-order valence-electron chi connectivity index (χ2n) is 2.28. The van der Waals surface area contributed by atoms with Crippen LogP contribution in [0.15, 0.2) is 24.3 Å². The fourth-order valence-corrected chi connectivity index (χ4v) is 1.18. The molecule has 0 radical (unpaired) electrons. The van der Waals surface area contributed by atoms with Gasteiger partial charge in [0.2, 0.25) is 0 Å². The molecule has 0 heterocycles. The molecular formula is C6H5LiO4S. The molecule has 0 saturated carbocycles. The number of hydrogen-bond donors (Lipinski definition) is 1. The SMILES string of the molecule is [Li][c]1ccccc1OS(=O)(=O)O. The van der Waals surface area contributed by atoms with Gasteiger partial charge in [-0.3, -0.25) is 0 Å². The van der Waals surface area contributed by atoms with Gasteiger partial charge in [0, 0.05) is 0 Å². The van der Waals surface area contributed by atoms with E-state index in [-0.39, 0.29) is 5.75 Å². The molecule has 1 rings (SSSR count). The number of para-hydroxylation sites is 1. The normalized spacial score (nSPS) is 11.2. The van der Waals surface area contributed by atoms with Crippen LogP contribution in [0.1, 0.15) is 0 Å². The molecule has 1 N–H and O–H groups in total. The Hall–Kier alpha value is -0.473. The first-order valence-corrected chi connectivity index (χ1v) is 4.58. The summed E-state index contributed by atoms with van der Waals surface area (Å²) < 4.78 is 33.8. The molecule has 0 amide bonds. The van der Waals surface area contributed by atoms with E-state index in [0.29, 0.717) is 4.24 Å². The first kappa shape index (κ1) is 9.61. The molecule has 0 atom stereocenters. The van der Waals surface area contributed by atoms with E-state index in [1.165, 1.54) is 6.07 Å². The molecule has 4 nitrogen and oxygen atoms in total. The summed E-state index contributed by atoms with van der Waals surface area (Å²) in [4.78, 5) is 0. The van der Waals surface area contributed by atoms with Crippen LogP contribution in [-0.4, -0.2) is 30.7 Å². The molecular weight excluding hydrogens is 175 g/mol. The molecule has 0 aliphatic heterocycles. The van der Waals surface area contributed by atoms with Gasteiger partial charge < -0.3 is 0 Å². The monoisotopic (exact) mass is 180 g/mol. The number of hydrogen-bond acceptors (Lipinski definition) is 3. The average Bonchev–Trinajstić information content (AvgIpc) is 1.91. The molecule has 0 saturated heterocycles. The summed E-state index contributed by atoms with van der Waals surface area (Å²) >= 11 is 1.68. The van der Waals surface area contributed by atoms with Gasteiger partial charge in [0.25, 0.3) is 0 Å². The molecule has 60 valence electrons. The van der Waals surface area contributed by atoms with Gasteiger partial charge in [-0.15, -0.1) is 0 Å². The Bertz CT molecular complexity index is 373. The minimum atomic E-state index is -4.40. The van der Waals surface area contributed by atoms with E-state index in [1.807, 2.05) is 0 Å². The maximum absolute atomic E-state index is 10.3. The van der Waals surface area contributed by atoms with Gasteiger partial charge >= 0.3 is 79.5 Å². The second kappa shape index (κ2) is 3.50. The summed E-state index contributed by atoms with van der Waals surface area (Å²) in [5.41, 5.74) is 0. The van der Waals surface area contributed by atoms with Crippen LogP contribution in [-0.2, 0) is 10.4 Å². The predicted molar refractivity (Wildman–Crippen MR) is 44.0 cm³/mol. The van der Waals surface area contributed by atoms with Crippen molar-refractivity contribution in [2.24, 2.45) is 0 Å². The van der Waals surface area contributed by atoms with Crippen LogP contribution < -0.4 is 8.42 Å². The van der Waals surface area contributed by atoms with Gasteiger partial charge in [0.05, 0.1) is 0 Å². The van der Waals surface area contributed by atoms with Crippen molar-refractivity contribution in [3.05, 3.63) is 24.3 Å². The van der Waals surface area contributed by atoms with Crippen LogP contribution >= 0.6 is 0 Å². The van der Waals surface area contributed by atoms with Crippen molar-refractivity contribution in [2.45, 2.75) is 0 Å². The predicted octanol–water partition coefficient (Wildman–Crippen LogP) is -0.338. The van der Waals surface area contributed by atoms with Crippen LogP contribution in [0.25, 0.3) is 0 Å². The van der Waals surface area contributed by atoms with E-state index in [9.17, 15) is 8.42 Å². The molecule has 0 aromatic heterocycles. The minimum absolute atomic E-state index is 0.139. The van der Waals surface area contributed by atoms with Crippen molar-refractivity contribution in [1.29, 1.82) is 0 Å². The van der Waals surface area contributed by atoms with E-state index in [0.717, 1.165) is 0 Å². The molecule has 0 unspecified atom stereocenters. The van der Waals surface area contributed by atoms with Crippen molar-refractivity contribution in [3.8, 4) is 5.75 Å². The molecule has 1 aromatic carbocycles. The molecule has 0 spiro atoms. The summed E-state index contributed by atoms with van der Waals surface area (Å²) in [7, 11) is -4.40. The standard InChI is InChI=1S/C6H5O4S.Li/c7-11(8,9)10-6-4-2-1-3-5-6;/h1-4H,(H,7,8,9);. The van der Waals surface area contributed by atoms with Gasteiger partial charge in [0.1, 0.15) is 0 Å².